The van der Waals surface area contributed by atoms with Crippen LogP contribution in [0.25, 0.3) is 16.6 Å². The maximum absolute atomic E-state index is 13.8. The Labute approximate surface area is 260 Å². The van der Waals surface area contributed by atoms with Crippen molar-refractivity contribution in [2.75, 3.05) is 11.9 Å². The van der Waals surface area contributed by atoms with E-state index in [9.17, 15) is 19.5 Å². The zero-order chi connectivity index (χ0) is 31.5. The summed E-state index contributed by atoms with van der Waals surface area (Å²) in [5.74, 6) is -0.901. The number of aromatic nitrogens is 5. The highest BCUT2D eigenvalue weighted by molar-refractivity contribution is 6.71. The molecule has 2 aromatic heterocycles. The van der Waals surface area contributed by atoms with Gasteiger partial charge in [-0.15, -0.1) is 5.10 Å². The van der Waals surface area contributed by atoms with Gasteiger partial charge in [0.2, 0.25) is 0 Å². The predicted molar refractivity (Wildman–Crippen MR) is 172 cm³/mol. The van der Waals surface area contributed by atoms with Crippen molar-refractivity contribution in [2.24, 2.45) is 5.92 Å². The Bertz CT molecular complexity index is 1950. The highest BCUT2D eigenvalue weighted by Crippen LogP contribution is 2.58. The number of ether oxygens (including phenoxy) is 1. The van der Waals surface area contributed by atoms with Crippen molar-refractivity contribution in [2.45, 2.75) is 56.1 Å². The first-order valence-corrected chi connectivity index (χ1v) is 18.3. The van der Waals surface area contributed by atoms with Crippen LogP contribution in [-0.4, -0.2) is 61.6 Å². The molecule has 2 aliphatic rings. The molecule has 1 unspecified atom stereocenters. The number of benzene rings is 3. The van der Waals surface area contributed by atoms with Gasteiger partial charge in [-0.25, -0.2) is 4.68 Å². The zero-order valence-electron chi connectivity index (χ0n) is 25.3. The lowest BCUT2D eigenvalue weighted by molar-refractivity contribution is -0.143. The Morgan fingerprint density at radius 1 is 1.07 bits per heavy atom. The number of carbonyl (C=O) groups is 1. The quantitative estimate of drug-likeness (QED) is 0.192. The molecule has 232 valence electrons. The van der Waals surface area contributed by atoms with Crippen LogP contribution in [0.2, 0.25) is 18.6 Å². The van der Waals surface area contributed by atoms with Crippen molar-refractivity contribution in [1.29, 1.82) is 0 Å². The van der Waals surface area contributed by atoms with Crippen molar-refractivity contribution < 1.29 is 19.4 Å². The SMILES string of the molecule is C[C@H]1[C@H]([Si](C)(C)O)[C@@H](CCn2cc(C(CO)c3ccccc3)nn2)O[C@]12C(=O)Nc1ccc(-n3[nH]c4ccccc4c3=O)cc12. The van der Waals surface area contributed by atoms with Crippen LogP contribution in [0.4, 0.5) is 5.69 Å². The first-order valence-electron chi connectivity index (χ1n) is 15.2. The average molecular weight is 625 g/mol. The van der Waals surface area contributed by atoms with Gasteiger partial charge in [-0.1, -0.05) is 54.6 Å². The van der Waals surface area contributed by atoms with Crippen LogP contribution in [0.5, 0.6) is 0 Å². The van der Waals surface area contributed by atoms with Gasteiger partial charge in [-0.05, 0) is 55.4 Å². The summed E-state index contributed by atoms with van der Waals surface area (Å²) in [7, 11) is -2.85. The number of nitrogens with one attached hydrogen (secondary N) is 2. The number of aryl methyl sites for hydroxylation is 1. The van der Waals surface area contributed by atoms with Crippen molar-refractivity contribution in [3.8, 4) is 5.69 Å². The van der Waals surface area contributed by atoms with Gasteiger partial charge in [0.1, 0.15) is 0 Å². The van der Waals surface area contributed by atoms with E-state index in [0.717, 1.165) is 11.1 Å². The summed E-state index contributed by atoms with van der Waals surface area (Å²) in [6.45, 7) is 6.11. The Hall–Kier alpha value is -4.36. The predicted octanol–water partition coefficient (Wildman–Crippen LogP) is 3.87. The van der Waals surface area contributed by atoms with E-state index in [1.54, 1.807) is 22.9 Å². The zero-order valence-corrected chi connectivity index (χ0v) is 26.3. The number of carbonyl (C=O) groups excluding carboxylic acids is 1. The fourth-order valence-corrected chi connectivity index (χ4v) is 10.0. The van der Waals surface area contributed by atoms with Crippen LogP contribution in [0.1, 0.15) is 36.1 Å². The molecule has 0 aliphatic carbocycles. The molecule has 1 spiro atoms. The van der Waals surface area contributed by atoms with E-state index in [4.69, 9.17) is 4.74 Å². The van der Waals surface area contributed by atoms with Gasteiger partial charge in [-0.3, -0.25) is 19.4 Å². The monoisotopic (exact) mass is 624 g/mol. The number of amides is 1. The van der Waals surface area contributed by atoms with Gasteiger partial charge in [0, 0.05) is 35.5 Å². The first kappa shape index (κ1) is 29.4. The molecule has 0 bridgehead atoms. The maximum atomic E-state index is 13.8. The summed E-state index contributed by atoms with van der Waals surface area (Å²) in [5, 5.41) is 25.5. The minimum atomic E-state index is -2.85. The smallest absolute Gasteiger partial charge is 0.279 e. The number of nitrogens with zero attached hydrogens (tertiary/aromatic N) is 4. The summed E-state index contributed by atoms with van der Waals surface area (Å²) < 4.78 is 10.0. The Morgan fingerprint density at radius 3 is 2.56 bits per heavy atom. The number of aliphatic hydroxyl groups is 1. The lowest BCUT2D eigenvalue weighted by atomic mass is 9.82. The highest BCUT2D eigenvalue weighted by Gasteiger charge is 2.64. The van der Waals surface area contributed by atoms with Crippen molar-refractivity contribution in [3.05, 3.63) is 106 Å². The minimum Gasteiger partial charge on any atom is -0.432 e. The minimum absolute atomic E-state index is 0.0952. The van der Waals surface area contributed by atoms with E-state index in [1.165, 1.54) is 4.68 Å². The van der Waals surface area contributed by atoms with Gasteiger partial charge < -0.3 is 20.0 Å². The van der Waals surface area contributed by atoms with Gasteiger partial charge >= 0.3 is 0 Å². The molecule has 5 aromatic rings. The number of H-pyrrole nitrogens is 1. The second kappa shape index (κ2) is 10.9. The van der Waals surface area contributed by atoms with E-state index in [-0.39, 0.29) is 35.5 Å². The third-order valence-electron chi connectivity index (χ3n) is 9.51. The van der Waals surface area contributed by atoms with Crippen LogP contribution < -0.4 is 10.9 Å². The summed E-state index contributed by atoms with van der Waals surface area (Å²) in [6, 6.07) is 22.5. The van der Waals surface area contributed by atoms with Gasteiger partial charge in [0.05, 0.1) is 40.9 Å². The molecular formula is C33H36N6O5Si. The van der Waals surface area contributed by atoms with Crippen LogP contribution >= 0.6 is 0 Å². The Morgan fingerprint density at radius 2 is 1.82 bits per heavy atom. The lowest BCUT2D eigenvalue weighted by Crippen LogP contribution is -2.43. The average Bonchev–Trinajstić information content (AvgIpc) is 3.77. The number of anilines is 1. The van der Waals surface area contributed by atoms with Crippen molar-refractivity contribution in [1.82, 2.24) is 24.8 Å². The molecule has 4 heterocycles. The van der Waals surface area contributed by atoms with E-state index in [1.807, 2.05) is 80.8 Å². The Kier molecular flexibility index (Phi) is 7.12. The topological polar surface area (TPSA) is 147 Å². The van der Waals surface area contributed by atoms with Gasteiger partial charge in [0.25, 0.3) is 11.5 Å². The molecule has 0 radical (unpaired) electrons. The van der Waals surface area contributed by atoms with E-state index >= 15 is 0 Å². The molecule has 12 heteroatoms. The number of fused-ring (bicyclic) bond motifs is 3. The molecule has 7 rings (SSSR count). The summed E-state index contributed by atoms with van der Waals surface area (Å²) in [5.41, 5.74) is 2.45. The van der Waals surface area contributed by atoms with Crippen LogP contribution in [0.3, 0.4) is 0 Å². The summed E-state index contributed by atoms with van der Waals surface area (Å²) in [4.78, 5) is 38.6. The number of para-hydroxylation sites is 1. The largest absolute Gasteiger partial charge is 0.432 e. The lowest BCUT2D eigenvalue weighted by Gasteiger charge is -2.32. The maximum Gasteiger partial charge on any atom is 0.279 e. The van der Waals surface area contributed by atoms with Gasteiger partial charge in [0.15, 0.2) is 13.9 Å². The number of rotatable bonds is 8. The standard InChI is InChI=1S/C33H36N6O5Si/c1-20-30(45(2,3)43)29(15-16-38-18-28(35-37-38)24(19-40)21-9-5-4-6-10-21)44-33(20)25-17-22(13-14-27(25)34-32(33)42)39-31(41)23-11-7-8-12-26(23)36-39/h4-14,17-18,20,24,29-30,36,40,43H,15-16,19H2,1-3H3,(H,34,42)/t20-,24?,29+,30-,33+/m0/s1. The molecule has 2 aliphatic heterocycles. The molecular weight excluding hydrogens is 588 g/mol. The molecule has 0 saturated carbocycles. The van der Waals surface area contributed by atoms with Crippen LogP contribution in [-0.2, 0) is 21.7 Å². The normalized spacial score (nSPS) is 23.5. The van der Waals surface area contributed by atoms with Crippen LogP contribution in [0, 0.1) is 5.92 Å². The molecule has 1 saturated heterocycles. The highest BCUT2D eigenvalue weighted by atomic mass is 28.4. The van der Waals surface area contributed by atoms with Crippen molar-refractivity contribution >= 4 is 30.8 Å². The molecule has 1 fully saturated rings. The molecule has 4 N–H and O–H groups in total. The van der Waals surface area contributed by atoms with E-state index in [2.05, 4.69) is 20.7 Å². The third-order valence-corrected chi connectivity index (χ3v) is 12.0. The molecule has 11 nitrogen and oxygen atoms in total. The second-order valence-corrected chi connectivity index (χ2v) is 16.7. The second-order valence-electron chi connectivity index (χ2n) is 12.7. The molecule has 45 heavy (non-hydrogen) atoms. The number of hydrogen-bond donors (Lipinski definition) is 4. The van der Waals surface area contributed by atoms with Crippen molar-refractivity contribution in [3.63, 3.8) is 0 Å². The molecule has 3 aromatic carbocycles. The number of hydrogen-bond acceptors (Lipinski definition) is 7. The first-order chi connectivity index (χ1) is 21.6. The van der Waals surface area contributed by atoms with Gasteiger partial charge in [-0.2, -0.15) is 0 Å². The molecule has 1 amide bonds. The number of aromatic amines is 1. The fourth-order valence-electron chi connectivity index (χ4n) is 7.43. The molecule has 5 atom stereocenters. The number of aliphatic hydroxyl groups excluding tert-OH is 1. The third kappa shape index (κ3) is 4.76. The van der Waals surface area contributed by atoms with E-state index < -0.39 is 20.0 Å². The summed E-state index contributed by atoms with van der Waals surface area (Å²) >= 11 is 0. The fraction of sp³-hybridized carbons (Fsp3) is 0.333. The Balaban J connectivity index is 1.20. The summed E-state index contributed by atoms with van der Waals surface area (Å²) in [6.07, 6.45) is 1.90. The van der Waals surface area contributed by atoms with E-state index in [0.29, 0.717) is 41.0 Å². The van der Waals surface area contributed by atoms with Crippen LogP contribution in [0.15, 0.2) is 83.8 Å².